The summed E-state index contributed by atoms with van der Waals surface area (Å²) in [7, 11) is -3.70. The number of anilines is 1. The number of nitrogens with one attached hydrogen (secondary N) is 1. The lowest BCUT2D eigenvalue weighted by Gasteiger charge is -2.33. The molecule has 1 saturated heterocycles. The summed E-state index contributed by atoms with van der Waals surface area (Å²) in [5.41, 5.74) is 0.0502. The van der Waals surface area contributed by atoms with Crippen molar-refractivity contribution in [2.75, 3.05) is 51.3 Å². The van der Waals surface area contributed by atoms with Crippen LogP contribution in [0.1, 0.15) is 0 Å². The van der Waals surface area contributed by atoms with Crippen LogP contribution in [0, 0.1) is 5.82 Å². The molecular weight excluding hydrogens is 449 g/mol. The fourth-order valence-electron chi connectivity index (χ4n) is 3.44. The lowest BCUT2D eigenvalue weighted by atomic mass is 10.3. The zero-order valence-corrected chi connectivity index (χ0v) is 18.1. The van der Waals surface area contributed by atoms with Crippen LogP contribution in [0.2, 0.25) is 5.02 Å². The van der Waals surface area contributed by atoms with Crippen LogP contribution in [0.4, 0.5) is 10.1 Å². The van der Waals surface area contributed by atoms with Crippen molar-refractivity contribution < 1.29 is 27.1 Å². The molecule has 0 radical (unpaired) electrons. The zero-order chi connectivity index (χ0) is 22.0. The molecule has 2 aromatic carbocycles. The molecule has 2 aliphatic heterocycles. The molecule has 2 aliphatic rings. The molecule has 11 heteroatoms. The van der Waals surface area contributed by atoms with E-state index in [9.17, 15) is 17.6 Å². The zero-order valence-electron chi connectivity index (χ0n) is 16.5. The molecule has 2 aromatic rings. The van der Waals surface area contributed by atoms with Gasteiger partial charge >= 0.3 is 0 Å². The first-order valence-electron chi connectivity index (χ1n) is 9.70. The highest BCUT2D eigenvalue weighted by Crippen LogP contribution is 2.33. The minimum absolute atomic E-state index is 0.0278. The van der Waals surface area contributed by atoms with E-state index >= 15 is 0 Å². The minimum atomic E-state index is -3.70. The van der Waals surface area contributed by atoms with Gasteiger partial charge in [0.2, 0.25) is 15.9 Å². The third kappa shape index (κ3) is 4.93. The fourth-order valence-corrected chi connectivity index (χ4v) is 5.04. The summed E-state index contributed by atoms with van der Waals surface area (Å²) < 4.78 is 52.1. The number of amides is 1. The van der Waals surface area contributed by atoms with Gasteiger partial charge in [0.1, 0.15) is 19.0 Å². The number of halogens is 2. The monoisotopic (exact) mass is 469 g/mol. The molecule has 8 nitrogen and oxygen atoms in total. The van der Waals surface area contributed by atoms with Crippen LogP contribution in [-0.4, -0.2) is 69.5 Å². The van der Waals surface area contributed by atoms with E-state index in [4.69, 9.17) is 21.1 Å². The molecule has 0 unspecified atom stereocenters. The second kappa shape index (κ2) is 8.99. The van der Waals surface area contributed by atoms with Crippen molar-refractivity contribution in [3.63, 3.8) is 0 Å². The van der Waals surface area contributed by atoms with Crippen molar-refractivity contribution >= 4 is 33.2 Å². The first-order valence-corrected chi connectivity index (χ1v) is 11.5. The van der Waals surface area contributed by atoms with Crippen molar-refractivity contribution in [1.82, 2.24) is 9.21 Å². The van der Waals surface area contributed by atoms with Crippen LogP contribution in [0.5, 0.6) is 11.5 Å². The Kier molecular flexibility index (Phi) is 6.33. The van der Waals surface area contributed by atoms with E-state index in [0.29, 0.717) is 37.8 Å². The summed E-state index contributed by atoms with van der Waals surface area (Å²) in [5, 5.41) is 2.75. The van der Waals surface area contributed by atoms with Gasteiger partial charge in [-0.25, -0.2) is 12.8 Å². The normalized spacial score (nSPS) is 17.4. The Hall–Kier alpha value is -2.40. The summed E-state index contributed by atoms with van der Waals surface area (Å²) in [6, 6.07) is 8.58. The molecule has 0 saturated carbocycles. The quantitative estimate of drug-likeness (QED) is 0.722. The smallest absolute Gasteiger partial charge is 0.243 e. The van der Waals surface area contributed by atoms with E-state index in [1.54, 1.807) is 6.07 Å². The number of nitrogens with zero attached hydrogens (tertiary/aromatic N) is 2. The van der Waals surface area contributed by atoms with E-state index in [0.717, 1.165) is 6.07 Å². The van der Waals surface area contributed by atoms with Crippen LogP contribution >= 0.6 is 11.6 Å². The lowest BCUT2D eigenvalue weighted by molar-refractivity contribution is -0.117. The van der Waals surface area contributed by atoms with Crippen LogP contribution in [0.15, 0.2) is 41.3 Å². The van der Waals surface area contributed by atoms with E-state index in [2.05, 4.69) is 5.32 Å². The Morgan fingerprint density at radius 2 is 1.74 bits per heavy atom. The number of sulfonamides is 1. The van der Waals surface area contributed by atoms with Gasteiger partial charge in [0, 0.05) is 37.3 Å². The van der Waals surface area contributed by atoms with Crippen molar-refractivity contribution in [3.8, 4) is 11.5 Å². The Labute approximate surface area is 184 Å². The van der Waals surface area contributed by atoms with Gasteiger partial charge in [0.15, 0.2) is 11.5 Å². The van der Waals surface area contributed by atoms with E-state index in [-0.39, 0.29) is 41.1 Å². The summed E-state index contributed by atoms with van der Waals surface area (Å²) >= 11 is 5.71. The van der Waals surface area contributed by atoms with Gasteiger partial charge in [-0.15, -0.1) is 0 Å². The van der Waals surface area contributed by atoms with E-state index < -0.39 is 15.8 Å². The number of hydrogen-bond donors (Lipinski definition) is 1. The first kappa shape index (κ1) is 21.8. The summed E-state index contributed by atoms with van der Waals surface area (Å²) in [6.07, 6.45) is 0. The SMILES string of the molecule is O=C(CN1CCN(S(=O)(=O)c2ccc3c(c2)OCCO3)CC1)Nc1ccc(Cl)cc1F. The summed E-state index contributed by atoms with van der Waals surface area (Å²) in [5.74, 6) is -0.0595. The van der Waals surface area contributed by atoms with E-state index in [1.165, 1.54) is 28.6 Å². The van der Waals surface area contributed by atoms with Gasteiger partial charge in [-0.1, -0.05) is 11.6 Å². The molecule has 2 heterocycles. The van der Waals surface area contributed by atoms with Crippen LogP contribution in [0.25, 0.3) is 0 Å². The molecule has 166 valence electrons. The number of rotatable bonds is 5. The number of hydrogen-bond acceptors (Lipinski definition) is 6. The highest BCUT2D eigenvalue weighted by Gasteiger charge is 2.30. The average Bonchev–Trinajstić information content (AvgIpc) is 2.76. The summed E-state index contributed by atoms with van der Waals surface area (Å²) in [6.45, 7) is 2.05. The number of piperazine rings is 1. The van der Waals surface area contributed by atoms with Crippen molar-refractivity contribution in [3.05, 3.63) is 47.2 Å². The molecule has 0 atom stereocenters. The van der Waals surface area contributed by atoms with Gasteiger partial charge in [-0.2, -0.15) is 4.31 Å². The predicted octanol–water partition coefficient (Wildman–Crippen LogP) is 2.20. The molecule has 0 spiro atoms. The highest BCUT2D eigenvalue weighted by atomic mass is 35.5. The lowest BCUT2D eigenvalue weighted by Crippen LogP contribution is -2.50. The third-order valence-electron chi connectivity index (χ3n) is 5.06. The molecule has 1 N–H and O–H groups in total. The molecule has 0 bridgehead atoms. The maximum Gasteiger partial charge on any atom is 0.243 e. The first-order chi connectivity index (χ1) is 14.8. The molecule has 0 aromatic heterocycles. The molecule has 1 amide bonds. The number of ether oxygens (including phenoxy) is 2. The van der Waals surface area contributed by atoms with Crippen LogP contribution in [0.3, 0.4) is 0 Å². The van der Waals surface area contributed by atoms with Gasteiger partial charge in [0.25, 0.3) is 0 Å². The van der Waals surface area contributed by atoms with Crippen molar-refractivity contribution in [1.29, 1.82) is 0 Å². The van der Waals surface area contributed by atoms with Crippen LogP contribution in [-0.2, 0) is 14.8 Å². The second-order valence-electron chi connectivity index (χ2n) is 7.16. The van der Waals surface area contributed by atoms with Crippen molar-refractivity contribution in [2.45, 2.75) is 4.90 Å². The number of carbonyl (C=O) groups is 1. The average molecular weight is 470 g/mol. The predicted molar refractivity (Wildman–Crippen MR) is 113 cm³/mol. The Balaban J connectivity index is 1.34. The molecule has 1 fully saturated rings. The fraction of sp³-hybridized carbons (Fsp3) is 0.350. The molecule has 4 rings (SSSR count). The van der Waals surface area contributed by atoms with Crippen molar-refractivity contribution in [2.24, 2.45) is 0 Å². The Bertz CT molecular complexity index is 1090. The molecule has 31 heavy (non-hydrogen) atoms. The number of fused-ring (bicyclic) bond motifs is 1. The van der Waals surface area contributed by atoms with Gasteiger partial charge in [-0.05, 0) is 30.3 Å². The highest BCUT2D eigenvalue weighted by molar-refractivity contribution is 7.89. The number of carbonyl (C=O) groups excluding carboxylic acids is 1. The standard InChI is InChI=1S/C20H21ClFN3O5S/c21-14-1-3-17(16(22)11-14)23-20(26)13-24-5-7-25(8-6-24)31(27,28)15-2-4-18-19(12-15)30-10-9-29-18/h1-4,11-12H,5-10,13H2,(H,23,26). The minimum Gasteiger partial charge on any atom is -0.486 e. The largest absolute Gasteiger partial charge is 0.486 e. The molecular formula is C20H21ClFN3O5S. The summed E-state index contributed by atoms with van der Waals surface area (Å²) in [4.78, 5) is 14.2. The van der Waals surface area contributed by atoms with Gasteiger partial charge in [0.05, 0.1) is 17.1 Å². The number of benzene rings is 2. The van der Waals surface area contributed by atoms with Crippen LogP contribution < -0.4 is 14.8 Å². The van der Waals surface area contributed by atoms with Gasteiger partial charge in [-0.3, -0.25) is 9.69 Å². The Morgan fingerprint density at radius 1 is 1.03 bits per heavy atom. The third-order valence-corrected chi connectivity index (χ3v) is 7.18. The second-order valence-corrected chi connectivity index (χ2v) is 9.53. The Morgan fingerprint density at radius 3 is 2.45 bits per heavy atom. The maximum absolute atomic E-state index is 13.8. The topological polar surface area (TPSA) is 88.2 Å². The van der Waals surface area contributed by atoms with E-state index in [1.807, 2.05) is 4.90 Å². The molecule has 0 aliphatic carbocycles. The van der Waals surface area contributed by atoms with Gasteiger partial charge < -0.3 is 14.8 Å². The maximum atomic E-state index is 13.8.